The largest absolute Gasteiger partial charge is 0.421 e. The van der Waals surface area contributed by atoms with Crippen LogP contribution in [0.5, 0.6) is 0 Å². The quantitative estimate of drug-likeness (QED) is 0.651. The van der Waals surface area contributed by atoms with Gasteiger partial charge in [0.25, 0.3) is 0 Å². The second-order valence-electron chi connectivity index (χ2n) is 7.11. The Labute approximate surface area is 181 Å². The van der Waals surface area contributed by atoms with Crippen molar-refractivity contribution in [2.45, 2.75) is 19.4 Å². The van der Waals surface area contributed by atoms with Crippen molar-refractivity contribution in [3.63, 3.8) is 0 Å². The van der Waals surface area contributed by atoms with Crippen molar-refractivity contribution in [3.8, 4) is 10.4 Å². The number of hydrogen-bond acceptors (Lipinski definition) is 9. The molecule has 1 N–H and O–H groups in total. The number of aryl methyl sites for hydroxylation is 1. The summed E-state index contributed by atoms with van der Waals surface area (Å²) in [7, 11) is 0. The van der Waals surface area contributed by atoms with E-state index in [1.807, 2.05) is 25.1 Å². The number of pyridine rings is 1. The monoisotopic (exact) mass is 438 g/mol. The molecule has 2 aliphatic rings. The van der Waals surface area contributed by atoms with E-state index in [1.54, 1.807) is 36.0 Å². The number of anilines is 1. The number of rotatable bonds is 5. The molecule has 3 aromatic rings. The van der Waals surface area contributed by atoms with Crippen LogP contribution in [-0.4, -0.2) is 56.1 Å². The molecule has 0 aromatic carbocycles. The zero-order valence-electron chi connectivity index (χ0n) is 16.5. The van der Waals surface area contributed by atoms with Crippen LogP contribution in [0, 0.1) is 6.92 Å². The summed E-state index contributed by atoms with van der Waals surface area (Å²) in [6.45, 7) is 2.04. The number of aromatic nitrogens is 4. The molecule has 1 saturated heterocycles. The van der Waals surface area contributed by atoms with E-state index in [0.717, 1.165) is 26.7 Å². The van der Waals surface area contributed by atoms with Gasteiger partial charge in [-0.2, -0.15) is 0 Å². The number of carbonyl (C=O) groups excluding carboxylic acids is 1. The highest BCUT2D eigenvalue weighted by atomic mass is 32.1. The minimum absolute atomic E-state index is 0.0507. The number of ether oxygens (including phenoxy) is 1. The Balaban J connectivity index is 1.29. The fraction of sp³-hybridized carbons (Fsp3) is 0.250. The zero-order valence-corrected chi connectivity index (χ0v) is 17.3. The molecule has 0 radical (unpaired) electrons. The van der Waals surface area contributed by atoms with Gasteiger partial charge in [0, 0.05) is 23.1 Å². The maximum absolute atomic E-state index is 12.3. The number of carbonyl (C=O) groups is 1. The van der Waals surface area contributed by atoms with Crippen molar-refractivity contribution < 1.29 is 19.5 Å². The summed E-state index contributed by atoms with van der Waals surface area (Å²) in [6.07, 6.45) is 4.92. The number of oxime groups is 1. The number of aliphatic hydroxyl groups is 1. The number of cyclic esters (lactones) is 1. The molecular weight excluding hydrogens is 420 g/mol. The molecule has 0 spiro atoms. The Bertz CT molecular complexity index is 1180. The molecule has 10 nitrogen and oxygen atoms in total. The van der Waals surface area contributed by atoms with E-state index >= 15 is 0 Å². The first-order valence-corrected chi connectivity index (χ1v) is 10.4. The minimum atomic E-state index is -0.487. The van der Waals surface area contributed by atoms with Gasteiger partial charge in [0.05, 0.1) is 36.1 Å². The second-order valence-corrected chi connectivity index (χ2v) is 8.19. The molecule has 3 aromatic heterocycles. The first-order valence-electron chi connectivity index (χ1n) is 9.57. The van der Waals surface area contributed by atoms with Crippen LogP contribution in [0.1, 0.15) is 17.0 Å². The van der Waals surface area contributed by atoms with Crippen LogP contribution in [-0.2, 0) is 9.57 Å². The normalized spacial score (nSPS) is 19.6. The lowest BCUT2D eigenvalue weighted by molar-refractivity contribution is 0.0390. The number of hydrogen-bond donors (Lipinski definition) is 1. The van der Waals surface area contributed by atoms with Gasteiger partial charge in [-0.05, 0) is 31.2 Å². The number of nitrogens with zero attached hydrogens (tertiary/aromatic N) is 6. The third-order valence-electron chi connectivity index (χ3n) is 4.79. The van der Waals surface area contributed by atoms with Crippen molar-refractivity contribution >= 4 is 35.2 Å². The summed E-state index contributed by atoms with van der Waals surface area (Å²) in [6, 6.07) is 7.68. The highest BCUT2D eigenvalue weighted by Crippen LogP contribution is 2.31. The highest BCUT2D eigenvalue weighted by Gasteiger charge is 2.29. The minimum Gasteiger partial charge on any atom is -0.411 e. The lowest BCUT2D eigenvalue weighted by Gasteiger charge is -2.10. The van der Waals surface area contributed by atoms with E-state index in [0.29, 0.717) is 18.0 Å². The van der Waals surface area contributed by atoms with Gasteiger partial charge in [-0.15, -0.1) is 16.4 Å². The Morgan fingerprint density at radius 3 is 2.87 bits per heavy atom. The molecule has 1 fully saturated rings. The maximum atomic E-state index is 12.3. The molecule has 31 heavy (non-hydrogen) atoms. The van der Waals surface area contributed by atoms with Gasteiger partial charge < -0.3 is 14.7 Å². The third-order valence-corrected chi connectivity index (χ3v) is 5.97. The molecule has 1 amide bonds. The van der Waals surface area contributed by atoms with E-state index in [9.17, 15) is 9.90 Å². The number of thiophene rings is 1. The molecule has 0 saturated carbocycles. The summed E-state index contributed by atoms with van der Waals surface area (Å²) in [5, 5.41) is 21.1. The first-order chi connectivity index (χ1) is 15.1. The van der Waals surface area contributed by atoms with E-state index in [2.05, 4.69) is 20.5 Å². The van der Waals surface area contributed by atoms with Crippen molar-refractivity contribution in [2.24, 2.45) is 5.16 Å². The van der Waals surface area contributed by atoms with E-state index in [1.165, 1.54) is 9.58 Å². The summed E-state index contributed by atoms with van der Waals surface area (Å²) in [5.41, 5.74) is 2.54. The highest BCUT2D eigenvalue weighted by molar-refractivity contribution is 7.17. The standard InChI is InChI=1S/C20H18N6O4S/c1-12-8-25(24-22-12)9-15-10-26(20(28)29-15)19-5-2-13(7-21-19)17-3-4-18(31-17)16-6-14(11-27)30-23-16/h2-5,7-9,14,27H,6,10-11H2,1H3/b15-9-. The van der Waals surface area contributed by atoms with Crippen molar-refractivity contribution in [1.29, 1.82) is 0 Å². The zero-order chi connectivity index (χ0) is 21.4. The van der Waals surface area contributed by atoms with Gasteiger partial charge in [-0.3, -0.25) is 4.90 Å². The third kappa shape index (κ3) is 3.92. The van der Waals surface area contributed by atoms with Crippen LogP contribution in [0.4, 0.5) is 10.6 Å². The average Bonchev–Trinajstić information content (AvgIpc) is 3.55. The van der Waals surface area contributed by atoms with Crippen LogP contribution >= 0.6 is 11.3 Å². The molecule has 5 heterocycles. The molecule has 0 bridgehead atoms. The van der Waals surface area contributed by atoms with Crippen LogP contribution in [0.2, 0.25) is 0 Å². The lowest BCUT2D eigenvalue weighted by Crippen LogP contribution is -2.24. The van der Waals surface area contributed by atoms with Crippen LogP contribution < -0.4 is 4.90 Å². The predicted octanol–water partition coefficient (Wildman–Crippen LogP) is 2.65. The van der Waals surface area contributed by atoms with Crippen LogP contribution in [0.3, 0.4) is 0 Å². The van der Waals surface area contributed by atoms with E-state index in [4.69, 9.17) is 9.57 Å². The van der Waals surface area contributed by atoms with Gasteiger partial charge in [-0.25, -0.2) is 14.5 Å². The average molecular weight is 438 g/mol. The SMILES string of the molecule is Cc1cn(/C=C2/CN(c3ccc(-c4ccc(C5=NOC(CO)C5)s4)cn3)C(=O)O2)nn1. The summed E-state index contributed by atoms with van der Waals surface area (Å²) in [5.74, 6) is 0.965. The Morgan fingerprint density at radius 2 is 2.16 bits per heavy atom. The molecule has 0 aliphatic carbocycles. The van der Waals surface area contributed by atoms with E-state index in [-0.39, 0.29) is 19.3 Å². The second kappa shape index (κ2) is 7.93. The van der Waals surface area contributed by atoms with Gasteiger partial charge in [0.1, 0.15) is 17.3 Å². The Morgan fingerprint density at radius 1 is 1.29 bits per heavy atom. The fourth-order valence-corrected chi connectivity index (χ4v) is 4.23. The van der Waals surface area contributed by atoms with Crippen molar-refractivity contribution in [2.75, 3.05) is 18.1 Å². The summed E-state index contributed by atoms with van der Waals surface area (Å²) >= 11 is 1.58. The fourth-order valence-electron chi connectivity index (χ4n) is 3.25. The van der Waals surface area contributed by atoms with Gasteiger partial charge in [0.15, 0.2) is 6.10 Å². The van der Waals surface area contributed by atoms with Crippen LogP contribution in [0.15, 0.2) is 47.6 Å². The molecule has 11 heteroatoms. The Hall–Kier alpha value is -3.57. The molecule has 1 unspecified atom stereocenters. The summed E-state index contributed by atoms with van der Waals surface area (Å²) < 4.78 is 6.82. The number of aliphatic hydroxyl groups excluding tert-OH is 1. The molecule has 5 rings (SSSR count). The number of amides is 1. The molecule has 1 atom stereocenters. The molecular formula is C20H18N6O4S. The Kier molecular flexibility index (Phi) is 4.96. The molecule has 2 aliphatic heterocycles. The topological polar surface area (TPSA) is 115 Å². The maximum Gasteiger partial charge on any atom is 0.421 e. The van der Waals surface area contributed by atoms with Crippen LogP contribution in [0.25, 0.3) is 16.6 Å². The summed E-state index contributed by atoms with van der Waals surface area (Å²) in [4.78, 5) is 25.4. The van der Waals surface area contributed by atoms with Crippen molar-refractivity contribution in [1.82, 2.24) is 20.0 Å². The smallest absolute Gasteiger partial charge is 0.411 e. The van der Waals surface area contributed by atoms with Crippen molar-refractivity contribution in [3.05, 3.63) is 53.0 Å². The van der Waals surface area contributed by atoms with Gasteiger partial charge >= 0.3 is 6.09 Å². The molecule has 158 valence electrons. The first kappa shape index (κ1) is 19.4. The van der Waals surface area contributed by atoms with Gasteiger partial charge in [0.2, 0.25) is 0 Å². The predicted molar refractivity (Wildman–Crippen MR) is 114 cm³/mol. The van der Waals surface area contributed by atoms with E-state index < -0.39 is 6.09 Å². The lowest BCUT2D eigenvalue weighted by atomic mass is 10.1. The van der Waals surface area contributed by atoms with Gasteiger partial charge in [-0.1, -0.05) is 10.4 Å².